The van der Waals surface area contributed by atoms with Crippen molar-refractivity contribution >= 4 is 21.5 Å². The van der Waals surface area contributed by atoms with E-state index in [4.69, 9.17) is 10.5 Å². The van der Waals surface area contributed by atoms with Gasteiger partial charge in [-0.2, -0.15) is 5.10 Å². The van der Waals surface area contributed by atoms with Crippen LogP contribution in [0.25, 0.3) is 0 Å². The van der Waals surface area contributed by atoms with Gasteiger partial charge >= 0.3 is 0 Å². The average Bonchev–Trinajstić information content (AvgIpc) is 2.69. The highest BCUT2D eigenvalue weighted by molar-refractivity contribution is 7.92. The van der Waals surface area contributed by atoms with E-state index in [0.29, 0.717) is 11.4 Å². The highest BCUT2D eigenvalue weighted by atomic mass is 32.2. The first-order valence-corrected chi connectivity index (χ1v) is 6.86. The van der Waals surface area contributed by atoms with Crippen molar-refractivity contribution in [2.24, 2.45) is 7.05 Å². The van der Waals surface area contributed by atoms with Gasteiger partial charge in [-0.05, 0) is 12.1 Å². The Kier molecular flexibility index (Phi) is 3.34. The molecule has 0 aliphatic heterocycles. The van der Waals surface area contributed by atoms with Crippen LogP contribution in [-0.4, -0.2) is 25.3 Å². The number of nitrogens with one attached hydrogen (secondary N) is 1. The minimum Gasteiger partial charge on any atom is -0.497 e. The highest BCUT2D eigenvalue weighted by Gasteiger charge is 2.20. The summed E-state index contributed by atoms with van der Waals surface area (Å²) in [5.41, 5.74) is 5.95. The molecule has 1 aromatic heterocycles. The van der Waals surface area contributed by atoms with E-state index in [2.05, 4.69) is 9.82 Å². The van der Waals surface area contributed by atoms with Crippen LogP contribution in [0.1, 0.15) is 0 Å². The van der Waals surface area contributed by atoms with Crippen LogP contribution in [-0.2, 0) is 17.1 Å². The summed E-state index contributed by atoms with van der Waals surface area (Å²) in [6.45, 7) is 0. The minimum absolute atomic E-state index is 0.0436. The SMILES string of the molecule is COc1cccc(NS(=O)(=O)c2cn(C)nc2N)c1. The van der Waals surface area contributed by atoms with Crippen LogP contribution in [0.2, 0.25) is 0 Å². The van der Waals surface area contributed by atoms with E-state index < -0.39 is 10.0 Å². The molecule has 1 heterocycles. The molecule has 8 heteroatoms. The predicted octanol–water partition coefficient (Wildman–Crippen LogP) is 0.812. The lowest BCUT2D eigenvalue weighted by molar-refractivity contribution is 0.415. The fourth-order valence-electron chi connectivity index (χ4n) is 1.59. The molecule has 1 aromatic carbocycles. The third-order valence-corrected chi connectivity index (χ3v) is 3.83. The van der Waals surface area contributed by atoms with E-state index in [9.17, 15) is 8.42 Å². The smallest absolute Gasteiger partial charge is 0.267 e. The summed E-state index contributed by atoms with van der Waals surface area (Å²) in [7, 11) is -0.657. The third-order valence-electron chi connectivity index (χ3n) is 2.43. The topological polar surface area (TPSA) is 99.2 Å². The number of anilines is 2. The Balaban J connectivity index is 2.33. The predicted molar refractivity (Wildman–Crippen MR) is 71.4 cm³/mol. The standard InChI is InChI=1S/C11H14N4O3S/c1-15-7-10(11(12)13-15)19(16,17)14-8-4-3-5-9(6-8)18-2/h3-7,14H,1-2H3,(H2,12,13). The molecule has 102 valence electrons. The summed E-state index contributed by atoms with van der Waals surface area (Å²) in [6.07, 6.45) is 1.35. The molecular formula is C11H14N4O3S. The Hall–Kier alpha value is -2.22. The summed E-state index contributed by atoms with van der Waals surface area (Å²) >= 11 is 0. The normalized spacial score (nSPS) is 11.3. The maximum absolute atomic E-state index is 12.2. The second-order valence-corrected chi connectivity index (χ2v) is 5.54. The molecule has 0 amide bonds. The number of aryl methyl sites for hydroxylation is 1. The van der Waals surface area contributed by atoms with Gasteiger partial charge in [-0.15, -0.1) is 0 Å². The van der Waals surface area contributed by atoms with Gasteiger partial charge in [-0.1, -0.05) is 6.07 Å². The first-order valence-electron chi connectivity index (χ1n) is 5.38. The van der Waals surface area contributed by atoms with E-state index >= 15 is 0 Å². The summed E-state index contributed by atoms with van der Waals surface area (Å²) in [5.74, 6) is 0.511. The number of hydrogen-bond acceptors (Lipinski definition) is 5. The van der Waals surface area contributed by atoms with Crippen molar-refractivity contribution in [3.05, 3.63) is 30.5 Å². The summed E-state index contributed by atoms with van der Waals surface area (Å²) < 4.78 is 33.1. The molecule has 2 aromatic rings. The van der Waals surface area contributed by atoms with Gasteiger partial charge in [0.25, 0.3) is 10.0 Å². The molecule has 0 aliphatic carbocycles. The average molecular weight is 282 g/mol. The Morgan fingerprint density at radius 3 is 2.74 bits per heavy atom. The molecule has 19 heavy (non-hydrogen) atoms. The largest absolute Gasteiger partial charge is 0.497 e. The van der Waals surface area contributed by atoms with E-state index in [0.717, 1.165) is 0 Å². The summed E-state index contributed by atoms with van der Waals surface area (Å²) in [4.78, 5) is -0.0576. The van der Waals surface area contributed by atoms with Gasteiger partial charge in [0.15, 0.2) is 5.82 Å². The van der Waals surface area contributed by atoms with Crippen LogP contribution in [0.5, 0.6) is 5.75 Å². The molecule has 0 fully saturated rings. The number of aromatic nitrogens is 2. The Bertz CT molecular complexity index is 694. The lowest BCUT2D eigenvalue weighted by Crippen LogP contribution is -2.13. The molecule has 0 atom stereocenters. The molecule has 0 radical (unpaired) electrons. The minimum atomic E-state index is -3.76. The zero-order valence-electron chi connectivity index (χ0n) is 10.5. The second kappa shape index (κ2) is 4.81. The van der Waals surface area contributed by atoms with Crippen molar-refractivity contribution in [2.45, 2.75) is 4.90 Å². The monoisotopic (exact) mass is 282 g/mol. The maximum Gasteiger partial charge on any atom is 0.267 e. The second-order valence-electron chi connectivity index (χ2n) is 3.89. The van der Waals surface area contributed by atoms with Crippen LogP contribution in [0.3, 0.4) is 0 Å². The fraction of sp³-hybridized carbons (Fsp3) is 0.182. The van der Waals surface area contributed by atoms with Gasteiger partial charge in [0.1, 0.15) is 10.6 Å². The summed E-state index contributed by atoms with van der Waals surface area (Å²) in [5, 5.41) is 3.80. The molecule has 2 rings (SSSR count). The molecule has 0 saturated heterocycles. The van der Waals surface area contributed by atoms with E-state index in [1.807, 2.05) is 0 Å². The Morgan fingerprint density at radius 1 is 1.42 bits per heavy atom. The number of hydrogen-bond donors (Lipinski definition) is 2. The van der Waals surface area contributed by atoms with Gasteiger partial charge < -0.3 is 10.5 Å². The molecule has 3 N–H and O–H groups in total. The molecule has 0 spiro atoms. The first kappa shape index (κ1) is 13.2. The number of benzene rings is 1. The van der Waals surface area contributed by atoms with E-state index in [1.165, 1.54) is 18.0 Å². The van der Waals surface area contributed by atoms with Crippen molar-refractivity contribution < 1.29 is 13.2 Å². The van der Waals surface area contributed by atoms with E-state index in [-0.39, 0.29) is 10.7 Å². The van der Waals surface area contributed by atoms with Gasteiger partial charge in [0, 0.05) is 19.3 Å². The molecule has 0 aliphatic rings. The molecular weight excluding hydrogens is 268 g/mol. The fourth-order valence-corrected chi connectivity index (χ4v) is 2.74. The number of nitrogens with two attached hydrogens (primary N) is 1. The molecule has 0 bridgehead atoms. The van der Waals surface area contributed by atoms with Crippen molar-refractivity contribution in [3.8, 4) is 5.75 Å². The quantitative estimate of drug-likeness (QED) is 0.864. The number of methoxy groups -OCH3 is 1. The van der Waals surface area contributed by atoms with Gasteiger partial charge in [-0.3, -0.25) is 9.40 Å². The molecule has 0 unspecified atom stereocenters. The Morgan fingerprint density at radius 2 is 2.16 bits per heavy atom. The van der Waals surface area contributed by atoms with Gasteiger partial charge in [-0.25, -0.2) is 8.42 Å². The molecule has 0 saturated carbocycles. The maximum atomic E-state index is 12.2. The zero-order valence-corrected chi connectivity index (χ0v) is 11.3. The van der Waals surface area contributed by atoms with Crippen molar-refractivity contribution in [1.29, 1.82) is 0 Å². The number of rotatable bonds is 4. The van der Waals surface area contributed by atoms with Gasteiger partial charge in [0.2, 0.25) is 0 Å². The van der Waals surface area contributed by atoms with Crippen LogP contribution >= 0.6 is 0 Å². The van der Waals surface area contributed by atoms with Crippen LogP contribution < -0.4 is 15.2 Å². The number of nitrogens with zero attached hydrogens (tertiary/aromatic N) is 2. The lowest BCUT2D eigenvalue weighted by Gasteiger charge is -2.08. The van der Waals surface area contributed by atoms with E-state index in [1.54, 1.807) is 31.3 Å². The third kappa shape index (κ3) is 2.79. The van der Waals surface area contributed by atoms with Crippen molar-refractivity contribution in [2.75, 3.05) is 17.6 Å². The van der Waals surface area contributed by atoms with Crippen molar-refractivity contribution in [3.63, 3.8) is 0 Å². The van der Waals surface area contributed by atoms with Crippen LogP contribution in [0.4, 0.5) is 11.5 Å². The number of sulfonamides is 1. The zero-order chi connectivity index (χ0) is 14.0. The Labute approximate surface area is 111 Å². The van der Waals surface area contributed by atoms with Crippen LogP contribution in [0, 0.1) is 0 Å². The number of ether oxygens (including phenoxy) is 1. The summed E-state index contributed by atoms with van der Waals surface area (Å²) in [6, 6.07) is 6.59. The van der Waals surface area contributed by atoms with Crippen molar-refractivity contribution in [1.82, 2.24) is 9.78 Å². The van der Waals surface area contributed by atoms with Crippen LogP contribution in [0.15, 0.2) is 35.4 Å². The molecule has 7 nitrogen and oxygen atoms in total. The highest BCUT2D eigenvalue weighted by Crippen LogP contribution is 2.22. The first-order chi connectivity index (χ1) is 8.92. The van der Waals surface area contributed by atoms with Gasteiger partial charge in [0.05, 0.1) is 12.8 Å². The lowest BCUT2D eigenvalue weighted by atomic mass is 10.3. The number of nitrogen functional groups attached to an aromatic ring is 1.